The molecule has 3 heterocycles. The number of carbonyl (C=O) groups is 1. The van der Waals surface area contributed by atoms with E-state index in [2.05, 4.69) is 15.3 Å². The van der Waals surface area contributed by atoms with Crippen molar-refractivity contribution in [2.45, 2.75) is 32.0 Å². The van der Waals surface area contributed by atoms with E-state index in [1.54, 1.807) is 4.68 Å². The number of aliphatic hydroxyl groups is 1. The van der Waals surface area contributed by atoms with Gasteiger partial charge < -0.3 is 19.3 Å². The molecule has 1 atom stereocenters. The Morgan fingerprint density at radius 1 is 1.10 bits per heavy atom. The van der Waals surface area contributed by atoms with Crippen LogP contribution in [-0.4, -0.2) is 57.6 Å². The molecule has 0 spiro atoms. The van der Waals surface area contributed by atoms with Crippen molar-refractivity contribution in [3.05, 3.63) is 94.7 Å². The second-order valence-corrected chi connectivity index (χ2v) is 9.99. The minimum absolute atomic E-state index is 0.136. The summed E-state index contributed by atoms with van der Waals surface area (Å²) in [6.45, 7) is 1.38. The average molecular weight is 539 g/mol. The molecule has 0 saturated carbocycles. The normalized spacial score (nSPS) is 17.4. The summed E-state index contributed by atoms with van der Waals surface area (Å²) in [6.07, 6.45) is 2.59. The fraction of sp³-hybridized carbons (Fsp3) is 0.290. The summed E-state index contributed by atoms with van der Waals surface area (Å²) in [5, 5.41) is 18.5. The Kier molecular flexibility index (Phi) is 7.39. The summed E-state index contributed by atoms with van der Waals surface area (Å²) in [4.78, 5) is 18.0. The fourth-order valence-corrected chi connectivity index (χ4v) is 5.06. The van der Waals surface area contributed by atoms with Gasteiger partial charge in [-0.3, -0.25) is 9.48 Å². The van der Waals surface area contributed by atoms with Crippen molar-refractivity contribution in [2.24, 2.45) is 12.0 Å². The van der Waals surface area contributed by atoms with Gasteiger partial charge in [-0.15, -0.1) is 5.10 Å². The number of aryl methyl sites for hydroxylation is 1. The number of amides is 1. The smallest absolute Gasteiger partial charge is 0.280 e. The maximum absolute atomic E-state index is 13.6. The first-order valence-corrected chi connectivity index (χ1v) is 13.4. The summed E-state index contributed by atoms with van der Waals surface area (Å²) < 4.78 is 19.4. The van der Waals surface area contributed by atoms with Crippen LogP contribution >= 0.6 is 0 Å². The Morgan fingerprint density at radius 2 is 1.93 bits per heavy atom. The van der Waals surface area contributed by atoms with Gasteiger partial charge in [0, 0.05) is 37.4 Å². The number of aromatic nitrogens is 3. The van der Waals surface area contributed by atoms with Crippen molar-refractivity contribution in [1.82, 2.24) is 15.0 Å². The van der Waals surface area contributed by atoms with Gasteiger partial charge in [-0.1, -0.05) is 59.8 Å². The van der Waals surface area contributed by atoms with Crippen LogP contribution in [0.4, 0.5) is 0 Å². The average Bonchev–Trinajstić information content (AvgIpc) is 3.64. The number of rotatable bonds is 7. The van der Waals surface area contributed by atoms with E-state index >= 15 is 0 Å². The molecule has 1 amide bonds. The molecule has 2 aliphatic rings. The highest BCUT2D eigenvalue weighted by Gasteiger charge is 2.29. The van der Waals surface area contributed by atoms with E-state index in [0.717, 1.165) is 39.3 Å². The summed E-state index contributed by atoms with van der Waals surface area (Å²) in [5.74, 6) is 0.818. The van der Waals surface area contributed by atoms with Crippen LogP contribution in [0.25, 0.3) is 11.3 Å². The lowest BCUT2D eigenvalue weighted by Gasteiger charge is -2.20. The maximum atomic E-state index is 13.6. The second-order valence-electron chi connectivity index (χ2n) is 9.99. The van der Waals surface area contributed by atoms with E-state index in [0.29, 0.717) is 56.1 Å². The predicted molar refractivity (Wildman–Crippen MR) is 149 cm³/mol. The van der Waals surface area contributed by atoms with Gasteiger partial charge in [0.25, 0.3) is 5.91 Å². The number of aliphatic hydroxyl groups excluding tert-OH is 1. The van der Waals surface area contributed by atoms with E-state index in [1.807, 2.05) is 73.9 Å². The minimum Gasteiger partial charge on any atom is -0.493 e. The van der Waals surface area contributed by atoms with Gasteiger partial charge in [-0.25, -0.2) is 4.99 Å². The van der Waals surface area contributed by atoms with Crippen LogP contribution in [0, 0.1) is 0 Å². The number of nitrogens with zero attached hydrogens (tertiary/aromatic N) is 4. The van der Waals surface area contributed by atoms with Crippen molar-refractivity contribution in [2.75, 3.05) is 19.8 Å². The Hall–Kier alpha value is -4.34. The van der Waals surface area contributed by atoms with Crippen LogP contribution in [0.3, 0.4) is 0 Å². The lowest BCUT2D eigenvalue weighted by molar-refractivity contribution is 0.0523. The Bertz CT molecular complexity index is 1550. The number of benzene rings is 3. The quantitative estimate of drug-likeness (QED) is 0.380. The van der Waals surface area contributed by atoms with Crippen molar-refractivity contribution in [3.8, 4) is 22.8 Å². The summed E-state index contributed by atoms with van der Waals surface area (Å²) in [5.41, 5.74) is 6.41. The first-order valence-electron chi connectivity index (χ1n) is 13.4. The van der Waals surface area contributed by atoms with E-state index in [9.17, 15) is 9.90 Å². The third-order valence-corrected chi connectivity index (χ3v) is 7.11. The zero-order valence-electron chi connectivity index (χ0n) is 22.2. The largest absolute Gasteiger partial charge is 0.493 e. The molecule has 9 heteroatoms. The number of fused-ring (bicyclic) bond motifs is 1. The first kappa shape index (κ1) is 25.9. The molecule has 4 aromatic rings. The van der Waals surface area contributed by atoms with Gasteiger partial charge in [0.15, 0.2) is 0 Å². The number of carbonyl (C=O) groups excluding carboxylic acids is 1. The van der Waals surface area contributed by atoms with Gasteiger partial charge in [0.1, 0.15) is 29.9 Å². The molecule has 6 rings (SSSR count). The first-order chi connectivity index (χ1) is 19.5. The fourth-order valence-electron chi connectivity index (χ4n) is 5.06. The van der Waals surface area contributed by atoms with Crippen LogP contribution in [0.1, 0.15) is 39.0 Å². The van der Waals surface area contributed by atoms with Gasteiger partial charge >= 0.3 is 0 Å². The lowest BCUT2D eigenvalue weighted by atomic mass is 9.95. The highest BCUT2D eigenvalue weighted by molar-refractivity contribution is 6.07. The van der Waals surface area contributed by atoms with Gasteiger partial charge in [0.05, 0.1) is 37.3 Å². The van der Waals surface area contributed by atoms with Crippen LogP contribution < -0.4 is 9.47 Å². The van der Waals surface area contributed by atoms with Crippen molar-refractivity contribution in [3.63, 3.8) is 0 Å². The highest BCUT2D eigenvalue weighted by atomic mass is 16.5. The Labute approximate surface area is 232 Å². The van der Waals surface area contributed by atoms with Crippen LogP contribution in [0.15, 0.2) is 71.9 Å². The van der Waals surface area contributed by atoms with Crippen LogP contribution in [-0.2, 0) is 31.2 Å². The Morgan fingerprint density at radius 3 is 2.67 bits per heavy atom. The van der Waals surface area contributed by atoms with Crippen molar-refractivity contribution < 1.29 is 24.1 Å². The van der Waals surface area contributed by atoms with Gasteiger partial charge in [-0.05, 0) is 22.8 Å². The molecule has 2 aliphatic heterocycles. The SMILES string of the molecule is Cn1cc(-c2ccc(Cc3cc(C(=O)/N=C4\CCOC[C@@H]4O)c(OCc4ccccc4)c4c3OCC4)cc2)nn1. The number of aliphatic imine (C=N–C) groups is 1. The zero-order chi connectivity index (χ0) is 27.5. The molecule has 1 fully saturated rings. The second kappa shape index (κ2) is 11.4. The molecule has 1 saturated heterocycles. The van der Waals surface area contributed by atoms with Crippen LogP contribution in [0.2, 0.25) is 0 Å². The number of hydrogen-bond donors (Lipinski definition) is 1. The van der Waals surface area contributed by atoms with Crippen LogP contribution in [0.5, 0.6) is 11.5 Å². The monoisotopic (exact) mass is 538 g/mol. The zero-order valence-corrected chi connectivity index (χ0v) is 22.2. The van der Waals surface area contributed by atoms with E-state index in [4.69, 9.17) is 14.2 Å². The maximum Gasteiger partial charge on any atom is 0.280 e. The Balaban J connectivity index is 1.35. The summed E-state index contributed by atoms with van der Waals surface area (Å²) in [6, 6.07) is 19.8. The molecule has 40 heavy (non-hydrogen) atoms. The third-order valence-electron chi connectivity index (χ3n) is 7.11. The molecule has 204 valence electrons. The summed E-state index contributed by atoms with van der Waals surface area (Å²) >= 11 is 0. The molecular weight excluding hydrogens is 508 g/mol. The molecule has 0 unspecified atom stereocenters. The lowest BCUT2D eigenvalue weighted by Crippen LogP contribution is -2.33. The molecule has 0 aliphatic carbocycles. The van der Waals surface area contributed by atoms with Crippen molar-refractivity contribution in [1.29, 1.82) is 0 Å². The highest BCUT2D eigenvalue weighted by Crippen LogP contribution is 2.41. The number of ether oxygens (including phenoxy) is 3. The topological polar surface area (TPSA) is 108 Å². The molecule has 1 aromatic heterocycles. The molecule has 0 radical (unpaired) electrons. The van der Waals surface area contributed by atoms with Crippen molar-refractivity contribution >= 4 is 11.6 Å². The van der Waals surface area contributed by atoms with Gasteiger partial charge in [0.2, 0.25) is 0 Å². The predicted octanol–water partition coefficient (Wildman–Crippen LogP) is 3.95. The molecule has 1 N–H and O–H groups in total. The summed E-state index contributed by atoms with van der Waals surface area (Å²) in [7, 11) is 1.84. The van der Waals surface area contributed by atoms with Gasteiger partial charge in [-0.2, -0.15) is 0 Å². The minimum atomic E-state index is -0.892. The van der Waals surface area contributed by atoms with E-state index in [-0.39, 0.29) is 6.61 Å². The molecule has 9 nitrogen and oxygen atoms in total. The van der Waals surface area contributed by atoms with E-state index < -0.39 is 12.0 Å². The van der Waals surface area contributed by atoms with E-state index in [1.165, 1.54) is 0 Å². The molecule has 3 aromatic carbocycles. The molecule has 0 bridgehead atoms. The molecular formula is C31H30N4O5. The third kappa shape index (κ3) is 5.52. The standard InChI is InChI=1S/C31H30N4O5/c1-35-17-27(33-34-35)22-9-7-20(8-10-22)15-23-16-25(31(37)32-26-12-13-38-19-28(26)36)30(24-11-14-39-29(23)24)40-18-21-5-3-2-4-6-21/h2-10,16-17,28,36H,11-15,18-19H2,1H3/b32-26+/t28-/m0/s1. The number of hydrogen-bond acceptors (Lipinski definition) is 7.